The number of aliphatic hydroxyl groups is 20. The molecule has 6 aliphatic rings. The number of allylic oxidation sites excluding steroid dienone is 4. The van der Waals surface area contributed by atoms with Crippen LogP contribution in [0.25, 0.3) is 0 Å². The fraction of sp³-hybridized carbons (Fsp3) is 0.919. The maximum atomic E-state index is 14.5. The highest BCUT2D eigenvalue weighted by Gasteiger charge is 2.59. The third-order valence-corrected chi connectivity index (χ3v) is 22.0. The minimum atomic E-state index is -5.86. The number of unbranched alkanes of at least 4 members (excludes halogenated alkanes) is 21. The van der Waals surface area contributed by atoms with E-state index in [9.17, 15) is 121 Å². The van der Waals surface area contributed by atoms with E-state index in [0.717, 1.165) is 77.0 Å². The van der Waals surface area contributed by atoms with Crippen LogP contribution >= 0.6 is 7.82 Å². The molecule has 0 aromatic heterocycles. The lowest BCUT2D eigenvalue weighted by Gasteiger charge is -2.49. The highest BCUT2D eigenvalue weighted by atomic mass is 31.2. The van der Waals surface area contributed by atoms with Gasteiger partial charge in [-0.05, 0) is 38.5 Å². The Kier molecular flexibility index (Phi) is 45.5. The number of carbonyl (C=O) groups is 2. The molecule has 0 bridgehead atoms. The van der Waals surface area contributed by atoms with Gasteiger partial charge in [-0.2, -0.15) is 0 Å². The van der Waals surface area contributed by atoms with E-state index in [1.54, 1.807) is 0 Å². The van der Waals surface area contributed by atoms with Crippen molar-refractivity contribution < 1.29 is 187 Å². The molecule has 5 aliphatic heterocycles. The van der Waals surface area contributed by atoms with Crippen molar-refractivity contribution in [1.82, 2.24) is 0 Å². The van der Waals surface area contributed by atoms with E-state index in [1.807, 2.05) is 0 Å². The first-order valence-electron chi connectivity index (χ1n) is 40.2. The first-order valence-corrected chi connectivity index (χ1v) is 41.7. The van der Waals surface area contributed by atoms with Crippen LogP contribution in [0.15, 0.2) is 24.3 Å². The Morgan fingerprint density at radius 2 is 0.681 bits per heavy atom. The molecule has 6 fully saturated rings. The molecular weight excluding hydrogens is 1530 g/mol. The Hall–Kier alpha value is -2.67. The molecule has 5 heterocycles. The zero-order valence-electron chi connectivity index (χ0n) is 64.6. The Morgan fingerprint density at radius 1 is 0.354 bits per heavy atom. The molecule has 0 radical (unpaired) electrons. The first-order chi connectivity index (χ1) is 54.0. The molecule has 0 aromatic carbocycles. The van der Waals surface area contributed by atoms with Gasteiger partial charge in [0.1, 0.15) is 165 Å². The van der Waals surface area contributed by atoms with E-state index < -0.39 is 262 Å². The molecular formula is C74H131O38P. The summed E-state index contributed by atoms with van der Waals surface area (Å²) >= 11 is 0. The van der Waals surface area contributed by atoms with Crippen molar-refractivity contribution in [1.29, 1.82) is 0 Å². The van der Waals surface area contributed by atoms with Crippen molar-refractivity contribution in [3.05, 3.63) is 24.3 Å². The van der Waals surface area contributed by atoms with Crippen molar-refractivity contribution in [3.8, 4) is 0 Å². The lowest BCUT2D eigenvalue weighted by molar-refractivity contribution is -0.365. The van der Waals surface area contributed by atoms with Crippen molar-refractivity contribution >= 4 is 19.8 Å². The molecule has 660 valence electrons. The summed E-state index contributed by atoms with van der Waals surface area (Å²) in [7, 11) is -5.86. The van der Waals surface area contributed by atoms with Crippen molar-refractivity contribution in [2.24, 2.45) is 0 Å². The topological polar surface area (TPSA) is 605 Å². The van der Waals surface area contributed by atoms with Crippen molar-refractivity contribution in [2.75, 3.05) is 46.2 Å². The van der Waals surface area contributed by atoms with Crippen molar-refractivity contribution in [3.63, 3.8) is 0 Å². The monoisotopic (exact) mass is 1660 g/mol. The van der Waals surface area contributed by atoms with Gasteiger partial charge >= 0.3 is 19.8 Å². The Labute approximate surface area is 658 Å². The highest BCUT2D eigenvalue weighted by Crippen LogP contribution is 2.49. The molecule has 113 heavy (non-hydrogen) atoms. The Bertz CT molecular complexity index is 2710. The Balaban J connectivity index is 1.13. The number of aliphatic hydroxyl groups excluding tert-OH is 20. The average Bonchev–Trinajstić information content (AvgIpc) is 0.769. The smallest absolute Gasteiger partial charge is 0.462 e. The van der Waals surface area contributed by atoms with Crippen LogP contribution < -0.4 is 0 Å². The molecule has 0 amide bonds. The molecule has 0 spiro atoms. The minimum absolute atomic E-state index is 0.0215. The van der Waals surface area contributed by atoms with E-state index in [1.165, 1.54) is 64.2 Å². The van der Waals surface area contributed by atoms with Gasteiger partial charge in [0, 0.05) is 12.8 Å². The van der Waals surface area contributed by atoms with Crippen LogP contribution in [-0.4, -0.2) is 361 Å². The normalized spacial score (nSPS) is 38.1. The number of rotatable bonds is 52. The third kappa shape index (κ3) is 31.1. The maximum absolute atomic E-state index is 14.5. The predicted molar refractivity (Wildman–Crippen MR) is 389 cm³/mol. The first kappa shape index (κ1) is 99.1. The minimum Gasteiger partial charge on any atom is -0.462 e. The fourth-order valence-electron chi connectivity index (χ4n) is 13.9. The molecule has 1 aliphatic carbocycles. The number of esters is 2. The lowest BCUT2D eigenvalue weighted by Crippen LogP contribution is -2.69. The molecule has 1 saturated carbocycles. The second-order valence-corrected chi connectivity index (χ2v) is 31.5. The van der Waals surface area contributed by atoms with Crippen LogP contribution in [0.2, 0.25) is 0 Å². The SMILES string of the molecule is CCC/C=C\C/C=C\CCCCCCCC(=O)O[C@H](COC(=O)CCCCCCCCCCCCCCCCCC)COP(=O)(O)O[C@@H]1C(O[C@@H]2OC(CO[C@@H]3OC(CO[C@@H]4OC(CO[C@@H]5OC(CO)[C@H](O)C(O)[C@@H]5O)[C@H](O)C(O)[C@@H]4O)[C@H](O)C(O)[C@@H]3O)[C@H](O)C(O)[C@@H]2O)C(O)[C@@H](O)C(O)[C@H]1O[C@H]1OC(CO)[C@@H](O)C(O)[C@H]1O. The molecule has 5 saturated heterocycles. The summed E-state index contributed by atoms with van der Waals surface area (Å²) in [5.41, 5.74) is 0. The summed E-state index contributed by atoms with van der Waals surface area (Å²) in [6.07, 6.45) is -33.0. The third-order valence-electron chi connectivity index (χ3n) is 21.0. The fourth-order valence-corrected chi connectivity index (χ4v) is 14.9. The maximum Gasteiger partial charge on any atom is 0.472 e. The molecule has 0 aromatic rings. The summed E-state index contributed by atoms with van der Waals surface area (Å²) in [6.45, 7) is -1.98. The second kappa shape index (κ2) is 51.8. The number of carbonyl (C=O) groups excluding carboxylic acids is 2. The molecule has 6 rings (SSSR count). The van der Waals surface area contributed by atoms with E-state index in [-0.39, 0.29) is 12.8 Å². The summed E-state index contributed by atoms with van der Waals surface area (Å²) in [5.74, 6) is -1.49. The van der Waals surface area contributed by atoms with Gasteiger partial charge in [0.25, 0.3) is 0 Å². The summed E-state index contributed by atoms with van der Waals surface area (Å²) < 4.78 is 92.9. The van der Waals surface area contributed by atoms with Crippen molar-refractivity contribution in [2.45, 2.75) is 383 Å². The van der Waals surface area contributed by atoms with E-state index in [0.29, 0.717) is 19.3 Å². The van der Waals surface area contributed by atoms with Gasteiger partial charge in [0.15, 0.2) is 37.6 Å². The number of hydrogen-bond acceptors (Lipinski definition) is 37. The molecule has 33 atom stereocenters. The van der Waals surface area contributed by atoms with Gasteiger partial charge in [-0.15, -0.1) is 0 Å². The Morgan fingerprint density at radius 3 is 1.08 bits per heavy atom. The lowest BCUT2D eigenvalue weighted by atomic mass is 9.84. The predicted octanol–water partition coefficient (Wildman–Crippen LogP) is -2.43. The van der Waals surface area contributed by atoms with Crippen LogP contribution in [0.4, 0.5) is 0 Å². The van der Waals surface area contributed by atoms with Gasteiger partial charge in [-0.25, -0.2) is 4.57 Å². The largest absolute Gasteiger partial charge is 0.472 e. The quantitative estimate of drug-likeness (QED) is 0.0130. The van der Waals surface area contributed by atoms with Crippen LogP contribution in [0.1, 0.15) is 187 Å². The van der Waals surface area contributed by atoms with Crippen LogP contribution in [0.3, 0.4) is 0 Å². The van der Waals surface area contributed by atoms with Crippen LogP contribution in [0.5, 0.6) is 0 Å². The molecule has 39 heteroatoms. The molecule has 38 nitrogen and oxygen atoms in total. The number of hydrogen-bond donors (Lipinski definition) is 21. The van der Waals surface area contributed by atoms with Gasteiger partial charge < -0.3 is 164 Å². The average molecular weight is 1660 g/mol. The summed E-state index contributed by atoms with van der Waals surface area (Å²) in [5, 5.41) is 217. The number of ether oxygens (including phenoxy) is 12. The highest BCUT2D eigenvalue weighted by molar-refractivity contribution is 7.47. The molecule has 14 unspecified atom stereocenters. The standard InChI is InChI=1S/C74H131O38P/c1-3-5-7-9-11-13-15-17-18-19-21-22-24-26-28-30-32-47(77)99-36-41(104-48(78)33-31-29-27-25-23-20-16-14-12-10-8-6-4-2)37-103-113(97,98)112-69-67(110-73-65(95)55(85)50(80)43(35-76)106-73)60(90)59(89)61(91)68(69)111-74-66(96)58(88)53(83)46(109-74)40-102-72-64(94)57(87)52(82)45(108-72)39-101-71-63(93)56(86)51(81)44(107-71)38-100-70-62(92)54(84)49(79)42(34-75)105-70/h8,10,14,16,41-46,49-76,79-96H,3-7,9,11-13,15,17-40H2,1-2H3,(H,97,98)/b10-8-,16-14-/t41-,42?,43?,44?,45?,46?,49+,50-,51+,52+,53+,54?,55?,56?,57?,58?,59+,60?,61?,62+,63+,64+,65-,66+,67-,68?,69+,70-,71-,72-,73-,74+/m1/s1. The van der Waals surface area contributed by atoms with Gasteiger partial charge in [0.2, 0.25) is 0 Å². The van der Waals surface area contributed by atoms with Gasteiger partial charge in [-0.1, -0.05) is 160 Å². The van der Waals surface area contributed by atoms with Crippen LogP contribution in [-0.2, 0) is 80.0 Å². The van der Waals surface area contributed by atoms with Gasteiger partial charge in [0.05, 0.1) is 39.6 Å². The number of phosphoric ester groups is 1. The van der Waals surface area contributed by atoms with E-state index >= 15 is 0 Å². The summed E-state index contributed by atoms with van der Waals surface area (Å²) in [4.78, 5) is 38.3. The zero-order valence-corrected chi connectivity index (χ0v) is 65.5. The number of phosphoric acid groups is 1. The van der Waals surface area contributed by atoms with Crippen LogP contribution in [0, 0.1) is 0 Å². The van der Waals surface area contributed by atoms with E-state index in [4.69, 9.17) is 65.9 Å². The second-order valence-electron chi connectivity index (χ2n) is 30.1. The zero-order chi connectivity index (χ0) is 82.9. The van der Waals surface area contributed by atoms with Gasteiger partial charge in [-0.3, -0.25) is 18.6 Å². The molecule has 21 N–H and O–H groups in total. The summed E-state index contributed by atoms with van der Waals surface area (Å²) in [6, 6.07) is 0. The van der Waals surface area contributed by atoms with E-state index in [2.05, 4.69) is 38.2 Å².